The van der Waals surface area contributed by atoms with Gasteiger partial charge in [-0.05, 0) is 66.4 Å². The number of anilines is 1. The summed E-state index contributed by atoms with van der Waals surface area (Å²) >= 11 is 12.4. The Labute approximate surface area is 227 Å². The van der Waals surface area contributed by atoms with E-state index in [1.54, 1.807) is 47.3 Å². The van der Waals surface area contributed by atoms with Crippen molar-refractivity contribution in [3.05, 3.63) is 106 Å². The van der Waals surface area contributed by atoms with Crippen molar-refractivity contribution < 1.29 is 27.3 Å². The quantitative estimate of drug-likeness (QED) is 0.181. The van der Waals surface area contributed by atoms with E-state index in [4.69, 9.17) is 27.9 Å². The van der Waals surface area contributed by atoms with E-state index in [0.717, 1.165) is 17.8 Å². The fourth-order valence-corrected chi connectivity index (χ4v) is 3.86. The lowest BCUT2D eigenvalue weighted by Gasteiger charge is -2.09. The third-order valence-electron chi connectivity index (χ3n) is 5.68. The van der Waals surface area contributed by atoms with E-state index < -0.39 is 11.7 Å². The van der Waals surface area contributed by atoms with Crippen LogP contribution in [-0.2, 0) is 19.1 Å². The molecule has 6 nitrogen and oxygen atoms in total. The molecule has 0 amide bonds. The first-order valence-electron chi connectivity index (χ1n) is 11.5. The number of hydrogen-bond acceptors (Lipinski definition) is 5. The summed E-state index contributed by atoms with van der Waals surface area (Å²) in [5.74, 6) is 0.942. The van der Waals surface area contributed by atoms with Crippen molar-refractivity contribution in [3.8, 4) is 11.6 Å². The largest absolute Gasteiger partial charge is 0.439 e. The number of Topliss-reactive ketones (excluding diaryl/α,β-unsaturated/α-hetero) is 1. The van der Waals surface area contributed by atoms with Crippen LogP contribution in [0.25, 0.3) is 0 Å². The van der Waals surface area contributed by atoms with Crippen LogP contribution in [-0.4, -0.2) is 22.3 Å². The van der Waals surface area contributed by atoms with Crippen LogP contribution in [0, 0.1) is 6.92 Å². The summed E-state index contributed by atoms with van der Waals surface area (Å²) in [4.78, 5) is 20.6. The maximum Gasteiger partial charge on any atom is 0.417 e. The molecule has 0 aliphatic carbocycles. The van der Waals surface area contributed by atoms with E-state index in [9.17, 15) is 18.0 Å². The van der Waals surface area contributed by atoms with Crippen LogP contribution in [0.5, 0.6) is 11.6 Å². The van der Waals surface area contributed by atoms with Gasteiger partial charge in [0, 0.05) is 29.4 Å². The lowest BCUT2D eigenvalue weighted by Crippen LogP contribution is -2.41. The molecule has 0 saturated heterocycles. The van der Waals surface area contributed by atoms with Crippen LogP contribution in [0.4, 0.5) is 19.0 Å². The van der Waals surface area contributed by atoms with Crippen molar-refractivity contribution in [2.24, 2.45) is 0 Å². The minimum Gasteiger partial charge on any atom is -0.439 e. The molecule has 2 heterocycles. The molecule has 2 aromatic carbocycles. The Bertz CT molecular complexity index is 1410. The smallest absolute Gasteiger partial charge is 0.417 e. The van der Waals surface area contributed by atoms with Gasteiger partial charge < -0.3 is 10.1 Å². The van der Waals surface area contributed by atoms with E-state index >= 15 is 0 Å². The van der Waals surface area contributed by atoms with Crippen LogP contribution in [0.1, 0.15) is 27.2 Å². The molecule has 1 N–H and O–H groups in total. The maximum atomic E-state index is 12.7. The summed E-state index contributed by atoms with van der Waals surface area (Å²) < 4.78 is 45.2. The summed E-state index contributed by atoms with van der Waals surface area (Å²) in [6.45, 7) is 2.45. The Morgan fingerprint density at radius 1 is 1.00 bits per heavy atom. The van der Waals surface area contributed by atoms with Gasteiger partial charge in [-0.3, -0.25) is 4.79 Å². The van der Waals surface area contributed by atoms with Crippen molar-refractivity contribution in [2.45, 2.75) is 26.1 Å². The number of alkyl halides is 3. The Hall–Kier alpha value is -3.69. The van der Waals surface area contributed by atoms with Gasteiger partial charge in [0.2, 0.25) is 11.7 Å². The molecule has 0 aliphatic heterocycles. The molecule has 196 valence electrons. The zero-order valence-corrected chi connectivity index (χ0v) is 21.6. The van der Waals surface area contributed by atoms with Crippen LogP contribution in [0.15, 0.2) is 73.2 Å². The number of carbonyl (C=O) groups is 1. The number of carbonyl (C=O) groups excluding carboxylic acids is 1. The van der Waals surface area contributed by atoms with Crippen LogP contribution in [0.3, 0.4) is 0 Å². The minimum atomic E-state index is -4.45. The molecule has 4 rings (SSSR count). The van der Waals surface area contributed by atoms with E-state index in [2.05, 4.69) is 15.3 Å². The van der Waals surface area contributed by atoms with Crippen molar-refractivity contribution >= 4 is 34.8 Å². The molecule has 38 heavy (non-hydrogen) atoms. The first-order valence-corrected chi connectivity index (χ1v) is 12.2. The fourth-order valence-electron chi connectivity index (χ4n) is 3.51. The van der Waals surface area contributed by atoms with E-state index in [1.807, 2.05) is 19.1 Å². The number of ketones is 1. The second-order valence-electron chi connectivity index (χ2n) is 8.36. The lowest BCUT2D eigenvalue weighted by atomic mass is 10.1. The lowest BCUT2D eigenvalue weighted by molar-refractivity contribution is -0.691. The molecule has 0 aliphatic rings. The number of ether oxygens (including phenoxy) is 1. The van der Waals surface area contributed by atoms with Crippen molar-refractivity contribution in [3.63, 3.8) is 0 Å². The van der Waals surface area contributed by atoms with E-state index in [-0.39, 0.29) is 18.2 Å². The van der Waals surface area contributed by atoms with Crippen molar-refractivity contribution in [1.29, 1.82) is 0 Å². The van der Waals surface area contributed by atoms with Crippen molar-refractivity contribution in [2.75, 3.05) is 11.9 Å². The maximum absolute atomic E-state index is 12.7. The summed E-state index contributed by atoms with van der Waals surface area (Å²) in [5.41, 5.74) is 1.41. The monoisotopic (exact) mass is 561 g/mol. The number of hydrogen-bond donors (Lipinski definition) is 1. The summed E-state index contributed by atoms with van der Waals surface area (Å²) in [6, 6.07) is 15.9. The molecule has 0 atom stereocenters. The summed E-state index contributed by atoms with van der Waals surface area (Å²) in [6.07, 6.45) is -1.49. The SMILES string of the molecule is Cc1c(Cl)c(NCCc2ccc(Oc3ccc(C(F)(F)F)cn3)cc2)nc[n+]1CC(=O)c1ccc(Cl)cc1. The highest BCUT2D eigenvalue weighted by molar-refractivity contribution is 6.33. The highest BCUT2D eigenvalue weighted by atomic mass is 35.5. The predicted octanol–water partition coefficient (Wildman–Crippen LogP) is 6.73. The molecule has 0 radical (unpaired) electrons. The molecular weight excluding hydrogens is 540 g/mol. The number of halogens is 5. The third kappa shape index (κ3) is 6.99. The molecule has 0 bridgehead atoms. The average Bonchev–Trinajstić information content (AvgIpc) is 2.89. The molecule has 0 spiro atoms. The van der Waals surface area contributed by atoms with Gasteiger partial charge in [-0.15, -0.1) is 0 Å². The van der Waals surface area contributed by atoms with Gasteiger partial charge in [0.15, 0.2) is 11.6 Å². The molecule has 0 fully saturated rings. The second kappa shape index (κ2) is 11.8. The molecule has 11 heteroatoms. The number of benzene rings is 2. The average molecular weight is 562 g/mol. The predicted molar refractivity (Wildman–Crippen MR) is 138 cm³/mol. The number of rotatable bonds is 9. The zero-order chi connectivity index (χ0) is 27.3. The van der Waals surface area contributed by atoms with Gasteiger partial charge in [0.05, 0.1) is 5.56 Å². The fraction of sp³-hybridized carbons (Fsp3) is 0.185. The molecule has 2 aromatic heterocycles. The van der Waals surface area contributed by atoms with Crippen LogP contribution < -0.4 is 14.6 Å². The molecule has 0 saturated carbocycles. The minimum absolute atomic E-state index is 0.0692. The topological polar surface area (TPSA) is 68.0 Å². The van der Waals surface area contributed by atoms with Gasteiger partial charge in [-0.25, -0.2) is 9.55 Å². The highest BCUT2D eigenvalue weighted by Crippen LogP contribution is 2.30. The van der Waals surface area contributed by atoms with Crippen LogP contribution in [0.2, 0.25) is 10.0 Å². The molecule has 0 unspecified atom stereocenters. The number of nitrogens with zero attached hydrogens (tertiary/aromatic N) is 3. The number of pyridine rings is 1. The normalized spacial score (nSPS) is 11.3. The highest BCUT2D eigenvalue weighted by Gasteiger charge is 2.30. The molecule has 4 aromatic rings. The van der Waals surface area contributed by atoms with Crippen molar-refractivity contribution in [1.82, 2.24) is 9.97 Å². The second-order valence-corrected chi connectivity index (χ2v) is 9.17. The Morgan fingerprint density at radius 3 is 2.34 bits per heavy atom. The first kappa shape index (κ1) is 27.3. The molecular formula is C27H22Cl2F3N4O2+. The van der Waals surface area contributed by atoms with Gasteiger partial charge in [-0.2, -0.15) is 13.2 Å². The van der Waals surface area contributed by atoms with Gasteiger partial charge in [0.25, 0.3) is 12.1 Å². The Morgan fingerprint density at radius 2 is 1.71 bits per heavy atom. The first-order chi connectivity index (χ1) is 18.1. The third-order valence-corrected chi connectivity index (χ3v) is 6.38. The number of nitrogens with one attached hydrogen (secondary N) is 1. The van der Waals surface area contributed by atoms with Gasteiger partial charge in [-0.1, -0.05) is 35.3 Å². The Kier molecular flexibility index (Phi) is 8.48. The Balaban J connectivity index is 1.30. The summed E-state index contributed by atoms with van der Waals surface area (Å²) in [7, 11) is 0. The van der Waals surface area contributed by atoms with E-state index in [1.165, 1.54) is 6.07 Å². The summed E-state index contributed by atoms with van der Waals surface area (Å²) in [5, 5.41) is 4.18. The zero-order valence-electron chi connectivity index (χ0n) is 20.1. The van der Waals surface area contributed by atoms with E-state index in [0.29, 0.717) is 45.8 Å². The standard InChI is InChI=1S/C27H21Cl2F3N4O2/c1-17-25(29)26(35-16-36(17)15-23(37)19-4-7-21(28)8-5-19)33-13-12-18-2-9-22(10-3-18)38-24-11-6-20(14-34-24)27(30,31)32/h2-11,14,16H,12-13,15H2,1H3/p+1. The van der Waals surface area contributed by atoms with Gasteiger partial charge in [0.1, 0.15) is 11.4 Å². The number of aromatic nitrogens is 3. The van der Waals surface area contributed by atoms with Gasteiger partial charge >= 0.3 is 6.18 Å². The van der Waals surface area contributed by atoms with Crippen LogP contribution >= 0.6 is 23.2 Å².